The van der Waals surface area contributed by atoms with Crippen LogP contribution in [-0.4, -0.2) is 51.9 Å². The number of rotatable bonds is 4. The summed E-state index contributed by atoms with van der Waals surface area (Å²) in [5.41, 5.74) is 0.508. The number of hydrogen-bond acceptors (Lipinski definition) is 5. The van der Waals surface area contributed by atoms with Crippen LogP contribution in [0.25, 0.3) is 0 Å². The minimum absolute atomic E-state index is 0.0685. The van der Waals surface area contributed by atoms with E-state index in [0.717, 1.165) is 31.5 Å². The van der Waals surface area contributed by atoms with Crippen molar-refractivity contribution in [1.29, 1.82) is 0 Å². The highest BCUT2D eigenvalue weighted by atomic mass is 16.5. The van der Waals surface area contributed by atoms with Gasteiger partial charge in [-0.2, -0.15) is 0 Å². The van der Waals surface area contributed by atoms with E-state index in [1.54, 1.807) is 6.07 Å². The number of benzene rings is 1. The number of carbonyl (C=O) groups is 1. The van der Waals surface area contributed by atoms with Gasteiger partial charge in [0.2, 0.25) is 0 Å². The third kappa shape index (κ3) is 2.95. The normalized spacial score (nSPS) is 32.2. The van der Waals surface area contributed by atoms with Crippen LogP contribution in [0.4, 0.5) is 0 Å². The zero-order valence-corrected chi connectivity index (χ0v) is 15.4. The lowest BCUT2D eigenvalue weighted by Gasteiger charge is -2.50. The van der Waals surface area contributed by atoms with Gasteiger partial charge in [0.05, 0.1) is 12.2 Å². The van der Waals surface area contributed by atoms with Gasteiger partial charge < -0.3 is 19.7 Å². The SMILES string of the molecule is CC1(C)Oc2c(O)cccc2[C@H]2O[C@H]3CCN(CCCC(=O)O)[C@@H]3C[C@@H]21. The van der Waals surface area contributed by atoms with Crippen LogP contribution in [0.5, 0.6) is 11.5 Å². The molecule has 3 heterocycles. The Labute approximate surface area is 153 Å². The first kappa shape index (κ1) is 17.6. The average Bonchev–Trinajstić information content (AvgIpc) is 2.97. The van der Waals surface area contributed by atoms with Gasteiger partial charge in [-0.15, -0.1) is 0 Å². The molecule has 0 bridgehead atoms. The first-order valence-electron chi connectivity index (χ1n) is 9.49. The lowest BCUT2D eigenvalue weighted by molar-refractivity contribution is -0.162. The van der Waals surface area contributed by atoms with E-state index < -0.39 is 11.6 Å². The van der Waals surface area contributed by atoms with Crippen molar-refractivity contribution in [2.45, 2.75) is 63.4 Å². The molecule has 2 N–H and O–H groups in total. The maximum atomic E-state index is 10.8. The lowest BCUT2D eigenvalue weighted by Crippen LogP contribution is -2.54. The number of likely N-dealkylation sites (tertiary alicyclic amines) is 1. The number of hydrogen-bond donors (Lipinski definition) is 2. The Hall–Kier alpha value is -1.79. The highest BCUT2D eigenvalue weighted by Crippen LogP contribution is 2.54. The molecule has 0 spiro atoms. The molecule has 1 aromatic carbocycles. The molecule has 142 valence electrons. The van der Waals surface area contributed by atoms with E-state index in [4.69, 9.17) is 14.6 Å². The van der Waals surface area contributed by atoms with Crippen LogP contribution in [0.3, 0.4) is 0 Å². The molecule has 4 atom stereocenters. The second-order valence-corrected chi connectivity index (χ2v) is 8.23. The highest BCUT2D eigenvalue weighted by Gasteiger charge is 2.53. The van der Waals surface area contributed by atoms with Crippen molar-refractivity contribution in [3.05, 3.63) is 23.8 Å². The number of aromatic hydroxyl groups is 1. The molecule has 0 radical (unpaired) electrons. The standard InChI is InChI=1S/C20H27NO5/c1-20(2)13-11-14-16(8-10-21(14)9-4-7-17(23)24)25-18(13)12-5-3-6-15(22)19(12)26-20/h3,5-6,13-14,16,18,22H,4,7-11H2,1-2H3,(H,23,24)/t13-,14+,16-,18+/m0/s1. The average molecular weight is 361 g/mol. The van der Waals surface area contributed by atoms with Gasteiger partial charge in [0, 0.05) is 30.5 Å². The molecule has 4 rings (SSSR count). The van der Waals surface area contributed by atoms with Gasteiger partial charge in [-0.3, -0.25) is 9.69 Å². The first-order valence-corrected chi connectivity index (χ1v) is 9.49. The summed E-state index contributed by atoms with van der Waals surface area (Å²) in [4.78, 5) is 13.2. The molecule has 3 aliphatic rings. The first-order chi connectivity index (χ1) is 12.4. The van der Waals surface area contributed by atoms with Crippen LogP contribution < -0.4 is 4.74 Å². The van der Waals surface area contributed by atoms with Crippen LogP contribution in [0.15, 0.2) is 18.2 Å². The third-order valence-corrected chi connectivity index (χ3v) is 6.21. The molecule has 0 saturated carbocycles. The number of aliphatic carboxylic acids is 1. The van der Waals surface area contributed by atoms with Crippen molar-refractivity contribution in [3.63, 3.8) is 0 Å². The number of carboxylic acids is 1. The van der Waals surface area contributed by atoms with Crippen molar-refractivity contribution in [2.24, 2.45) is 5.92 Å². The molecule has 0 aromatic heterocycles. The molecule has 0 amide bonds. The van der Waals surface area contributed by atoms with E-state index >= 15 is 0 Å². The number of para-hydroxylation sites is 1. The van der Waals surface area contributed by atoms with Gasteiger partial charge in [-0.1, -0.05) is 12.1 Å². The Morgan fingerprint density at radius 1 is 1.38 bits per heavy atom. The summed E-state index contributed by atoms with van der Waals surface area (Å²) in [6.45, 7) is 5.87. The number of nitrogens with zero attached hydrogens (tertiary/aromatic N) is 1. The van der Waals surface area contributed by atoms with Crippen molar-refractivity contribution >= 4 is 5.97 Å². The predicted molar refractivity (Wildman–Crippen MR) is 95.4 cm³/mol. The quantitative estimate of drug-likeness (QED) is 0.858. The Morgan fingerprint density at radius 3 is 2.96 bits per heavy atom. The number of carboxylic acid groups (broad SMARTS) is 1. The van der Waals surface area contributed by atoms with Crippen molar-refractivity contribution < 1.29 is 24.5 Å². The highest BCUT2D eigenvalue weighted by molar-refractivity contribution is 5.66. The summed E-state index contributed by atoms with van der Waals surface area (Å²) in [6.07, 6.45) is 2.90. The monoisotopic (exact) mass is 361 g/mol. The van der Waals surface area contributed by atoms with Crippen molar-refractivity contribution in [2.75, 3.05) is 13.1 Å². The topological polar surface area (TPSA) is 79.2 Å². The van der Waals surface area contributed by atoms with Gasteiger partial charge in [0.25, 0.3) is 0 Å². The number of fused-ring (bicyclic) bond motifs is 4. The van der Waals surface area contributed by atoms with Crippen LogP contribution >= 0.6 is 0 Å². The van der Waals surface area contributed by atoms with Crippen LogP contribution in [0.2, 0.25) is 0 Å². The third-order valence-electron chi connectivity index (χ3n) is 6.21. The van der Waals surface area contributed by atoms with Crippen LogP contribution in [-0.2, 0) is 9.53 Å². The van der Waals surface area contributed by atoms with Crippen LogP contribution in [0, 0.1) is 5.92 Å². The maximum absolute atomic E-state index is 10.8. The van der Waals surface area contributed by atoms with E-state index in [0.29, 0.717) is 18.2 Å². The second kappa shape index (κ2) is 6.43. The van der Waals surface area contributed by atoms with Gasteiger partial charge >= 0.3 is 5.97 Å². The second-order valence-electron chi connectivity index (χ2n) is 8.23. The number of phenols is 1. The van der Waals surface area contributed by atoms with E-state index in [-0.39, 0.29) is 30.3 Å². The van der Waals surface area contributed by atoms with E-state index in [1.165, 1.54) is 0 Å². The molecule has 2 fully saturated rings. The maximum Gasteiger partial charge on any atom is 0.303 e. The lowest BCUT2D eigenvalue weighted by atomic mass is 9.74. The Kier molecular flexibility index (Phi) is 4.35. The number of phenolic OH excluding ortho intramolecular Hbond substituents is 1. The summed E-state index contributed by atoms with van der Waals surface area (Å²) < 4.78 is 12.7. The molecule has 2 saturated heterocycles. The van der Waals surface area contributed by atoms with E-state index in [1.807, 2.05) is 12.1 Å². The molecule has 1 aromatic rings. The van der Waals surface area contributed by atoms with E-state index in [2.05, 4.69) is 18.7 Å². The Balaban J connectivity index is 1.55. The summed E-state index contributed by atoms with van der Waals surface area (Å²) in [5, 5.41) is 19.1. The van der Waals surface area contributed by atoms with Gasteiger partial charge in [0.15, 0.2) is 11.5 Å². The largest absolute Gasteiger partial charge is 0.504 e. The van der Waals surface area contributed by atoms with Gasteiger partial charge in [-0.05, 0) is 45.7 Å². The molecular formula is C20H27NO5. The molecule has 6 nitrogen and oxygen atoms in total. The Bertz CT molecular complexity index is 703. The van der Waals surface area contributed by atoms with Gasteiger partial charge in [0.1, 0.15) is 5.60 Å². The van der Waals surface area contributed by atoms with Gasteiger partial charge in [-0.25, -0.2) is 0 Å². The summed E-state index contributed by atoms with van der Waals surface area (Å²) in [6, 6.07) is 5.80. The minimum Gasteiger partial charge on any atom is -0.504 e. The zero-order valence-electron chi connectivity index (χ0n) is 15.4. The molecule has 26 heavy (non-hydrogen) atoms. The fourth-order valence-corrected chi connectivity index (χ4v) is 4.88. The number of ether oxygens (including phenoxy) is 2. The zero-order chi connectivity index (χ0) is 18.5. The summed E-state index contributed by atoms with van der Waals surface area (Å²) in [7, 11) is 0. The summed E-state index contributed by atoms with van der Waals surface area (Å²) >= 11 is 0. The van der Waals surface area contributed by atoms with E-state index in [9.17, 15) is 9.90 Å². The molecule has 0 unspecified atom stereocenters. The van der Waals surface area contributed by atoms with Crippen molar-refractivity contribution in [3.8, 4) is 11.5 Å². The predicted octanol–water partition coefficient (Wildman–Crippen LogP) is 2.95. The fraction of sp³-hybridized carbons (Fsp3) is 0.650. The summed E-state index contributed by atoms with van der Waals surface area (Å²) in [5.74, 6) is 0.173. The van der Waals surface area contributed by atoms with Crippen molar-refractivity contribution in [1.82, 2.24) is 4.90 Å². The smallest absolute Gasteiger partial charge is 0.303 e. The Morgan fingerprint density at radius 2 is 2.19 bits per heavy atom. The molecular weight excluding hydrogens is 334 g/mol. The molecule has 0 aliphatic carbocycles. The fourth-order valence-electron chi connectivity index (χ4n) is 4.88. The molecule has 6 heteroatoms. The van der Waals surface area contributed by atoms with Crippen LogP contribution in [0.1, 0.15) is 51.2 Å². The molecule has 3 aliphatic heterocycles. The minimum atomic E-state index is -0.737.